The summed E-state index contributed by atoms with van der Waals surface area (Å²) in [5.74, 6) is 0.574. The number of carbonyl (C=O) groups is 1. The van der Waals surface area contributed by atoms with Gasteiger partial charge in [0.15, 0.2) is 0 Å². The molecule has 0 radical (unpaired) electrons. The Balaban J connectivity index is 1.48. The standard InChI is InChI=1S/C19H24ClN5O3S/c1-24-10-12-25(13-11-24)18-7-6-15(14-21-18)23-19(26)8-9-22-29(27,28)17-5-3-2-4-16(17)20/h2-7,14,22H,8-13H2,1H3,(H,23,26). The number of anilines is 2. The van der Waals surface area contributed by atoms with Crippen LogP contribution in [0.25, 0.3) is 0 Å². The molecule has 0 atom stereocenters. The molecule has 1 fully saturated rings. The third kappa shape index (κ3) is 5.89. The van der Waals surface area contributed by atoms with Gasteiger partial charge < -0.3 is 15.1 Å². The predicted molar refractivity (Wildman–Crippen MR) is 114 cm³/mol. The minimum atomic E-state index is -3.76. The lowest BCUT2D eigenvalue weighted by Crippen LogP contribution is -2.44. The zero-order valence-electron chi connectivity index (χ0n) is 16.1. The van der Waals surface area contributed by atoms with Crippen LogP contribution in [0.1, 0.15) is 6.42 Å². The summed E-state index contributed by atoms with van der Waals surface area (Å²) in [6.07, 6.45) is 1.60. The van der Waals surface area contributed by atoms with E-state index in [2.05, 4.69) is 31.9 Å². The summed E-state index contributed by atoms with van der Waals surface area (Å²) in [4.78, 5) is 21.0. The SMILES string of the molecule is CN1CCN(c2ccc(NC(=O)CCNS(=O)(=O)c3ccccc3Cl)cn2)CC1. The molecule has 1 aromatic carbocycles. The lowest BCUT2D eigenvalue weighted by molar-refractivity contribution is -0.116. The maximum atomic E-state index is 12.3. The fourth-order valence-corrected chi connectivity index (χ4v) is 4.49. The molecular weight excluding hydrogens is 414 g/mol. The molecule has 0 bridgehead atoms. The zero-order valence-corrected chi connectivity index (χ0v) is 17.7. The van der Waals surface area contributed by atoms with E-state index >= 15 is 0 Å². The van der Waals surface area contributed by atoms with Crippen LogP contribution in [-0.4, -0.2) is 64.0 Å². The van der Waals surface area contributed by atoms with Gasteiger partial charge in [0.1, 0.15) is 10.7 Å². The lowest BCUT2D eigenvalue weighted by atomic mass is 10.3. The van der Waals surface area contributed by atoms with Crippen LogP contribution in [0.4, 0.5) is 11.5 Å². The number of sulfonamides is 1. The van der Waals surface area contributed by atoms with Crippen molar-refractivity contribution in [3.63, 3.8) is 0 Å². The summed E-state index contributed by atoms with van der Waals surface area (Å²) in [5.41, 5.74) is 0.571. The minimum Gasteiger partial charge on any atom is -0.354 e. The second-order valence-corrected chi connectivity index (χ2v) is 8.96. The van der Waals surface area contributed by atoms with Crippen LogP contribution in [0, 0.1) is 0 Å². The van der Waals surface area contributed by atoms with Crippen LogP contribution < -0.4 is 14.9 Å². The number of rotatable bonds is 7. The van der Waals surface area contributed by atoms with E-state index in [-0.39, 0.29) is 28.8 Å². The van der Waals surface area contributed by atoms with Gasteiger partial charge >= 0.3 is 0 Å². The van der Waals surface area contributed by atoms with Gasteiger partial charge in [0.05, 0.1) is 16.9 Å². The van der Waals surface area contributed by atoms with Crippen molar-refractivity contribution < 1.29 is 13.2 Å². The molecule has 8 nitrogen and oxygen atoms in total. The Hall–Kier alpha value is -2.20. The first kappa shape index (κ1) is 21.5. The van der Waals surface area contributed by atoms with Gasteiger partial charge in [-0.2, -0.15) is 0 Å². The van der Waals surface area contributed by atoms with Crippen molar-refractivity contribution in [3.8, 4) is 0 Å². The maximum absolute atomic E-state index is 12.3. The third-order valence-electron chi connectivity index (χ3n) is 4.63. The Kier molecular flexibility index (Phi) is 7.07. The molecule has 0 unspecified atom stereocenters. The maximum Gasteiger partial charge on any atom is 0.242 e. The Morgan fingerprint density at radius 1 is 1.14 bits per heavy atom. The number of benzene rings is 1. The highest BCUT2D eigenvalue weighted by molar-refractivity contribution is 7.89. The number of nitrogens with zero attached hydrogens (tertiary/aromatic N) is 3. The molecule has 1 aliphatic heterocycles. The molecule has 0 aliphatic carbocycles. The van der Waals surface area contributed by atoms with E-state index in [1.807, 2.05) is 6.07 Å². The average molecular weight is 438 g/mol. The number of nitrogens with one attached hydrogen (secondary N) is 2. The fraction of sp³-hybridized carbons (Fsp3) is 0.368. The number of likely N-dealkylation sites (N-methyl/N-ethyl adjacent to an activating group) is 1. The summed E-state index contributed by atoms with van der Waals surface area (Å²) in [7, 11) is -1.67. The second kappa shape index (κ2) is 9.53. The molecule has 0 spiro atoms. The van der Waals surface area contributed by atoms with Gasteiger partial charge in [0, 0.05) is 39.1 Å². The highest BCUT2D eigenvalue weighted by Gasteiger charge is 2.18. The van der Waals surface area contributed by atoms with Crippen molar-refractivity contribution >= 4 is 39.0 Å². The number of amides is 1. The number of aromatic nitrogens is 1. The average Bonchev–Trinajstić information content (AvgIpc) is 2.69. The largest absolute Gasteiger partial charge is 0.354 e. The van der Waals surface area contributed by atoms with Crippen LogP contribution >= 0.6 is 11.6 Å². The molecule has 2 aromatic rings. The van der Waals surface area contributed by atoms with Crippen molar-refractivity contribution in [2.24, 2.45) is 0 Å². The molecule has 29 heavy (non-hydrogen) atoms. The molecular formula is C19H24ClN5O3S. The molecule has 3 rings (SSSR count). The fourth-order valence-electron chi connectivity index (χ4n) is 2.95. The number of hydrogen-bond donors (Lipinski definition) is 2. The van der Waals surface area contributed by atoms with Crippen LogP contribution in [0.3, 0.4) is 0 Å². The van der Waals surface area contributed by atoms with Gasteiger partial charge in [-0.25, -0.2) is 18.1 Å². The number of pyridine rings is 1. The first-order chi connectivity index (χ1) is 13.8. The molecule has 1 aliphatic rings. The number of carbonyl (C=O) groups excluding carboxylic acids is 1. The minimum absolute atomic E-state index is 0.00855. The molecule has 2 heterocycles. The number of piperazine rings is 1. The molecule has 1 amide bonds. The van der Waals surface area contributed by atoms with Gasteiger partial charge in [-0.3, -0.25) is 4.79 Å². The highest BCUT2D eigenvalue weighted by Crippen LogP contribution is 2.20. The highest BCUT2D eigenvalue weighted by atomic mass is 35.5. The van der Waals surface area contributed by atoms with E-state index in [0.717, 1.165) is 32.0 Å². The quantitative estimate of drug-likeness (QED) is 0.685. The smallest absolute Gasteiger partial charge is 0.242 e. The first-order valence-electron chi connectivity index (χ1n) is 9.29. The number of hydrogen-bond acceptors (Lipinski definition) is 6. The van der Waals surface area contributed by atoms with E-state index in [4.69, 9.17) is 11.6 Å². The van der Waals surface area contributed by atoms with Crippen molar-refractivity contribution in [1.82, 2.24) is 14.6 Å². The summed E-state index contributed by atoms with van der Waals surface area (Å²) in [6, 6.07) is 9.83. The Morgan fingerprint density at radius 2 is 1.86 bits per heavy atom. The Morgan fingerprint density at radius 3 is 2.52 bits per heavy atom. The monoisotopic (exact) mass is 437 g/mol. The summed E-state index contributed by atoms with van der Waals surface area (Å²) >= 11 is 5.92. The molecule has 0 saturated carbocycles. The first-order valence-corrected chi connectivity index (χ1v) is 11.1. The molecule has 156 valence electrons. The van der Waals surface area contributed by atoms with Crippen LogP contribution in [0.5, 0.6) is 0 Å². The molecule has 1 saturated heterocycles. The lowest BCUT2D eigenvalue weighted by Gasteiger charge is -2.33. The Labute approximate surface area is 175 Å². The molecule has 1 aromatic heterocycles. The zero-order chi connectivity index (χ0) is 20.9. The Bertz CT molecular complexity index is 945. The van der Waals surface area contributed by atoms with Crippen LogP contribution in [0.15, 0.2) is 47.5 Å². The van der Waals surface area contributed by atoms with Crippen LogP contribution in [0.2, 0.25) is 5.02 Å². The van der Waals surface area contributed by atoms with Gasteiger partial charge in [0.2, 0.25) is 15.9 Å². The summed E-state index contributed by atoms with van der Waals surface area (Å²) in [6.45, 7) is 3.78. The van der Waals surface area contributed by atoms with E-state index in [0.29, 0.717) is 5.69 Å². The van der Waals surface area contributed by atoms with Crippen molar-refractivity contribution in [3.05, 3.63) is 47.6 Å². The third-order valence-corrected chi connectivity index (χ3v) is 6.59. The van der Waals surface area contributed by atoms with E-state index < -0.39 is 10.0 Å². The van der Waals surface area contributed by atoms with E-state index in [1.165, 1.54) is 12.1 Å². The van der Waals surface area contributed by atoms with Crippen molar-refractivity contribution in [2.75, 3.05) is 50.0 Å². The normalized spacial score (nSPS) is 15.3. The van der Waals surface area contributed by atoms with Crippen molar-refractivity contribution in [1.29, 1.82) is 0 Å². The van der Waals surface area contributed by atoms with Gasteiger partial charge in [-0.05, 0) is 31.3 Å². The summed E-state index contributed by atoms with van der Waals surface area (Å²) in [5, 5.41) is 2.86. The topological polar surface area (TPSA) is 94.6 Å². The van der Waals surface area contributed by atoms with Gasteiger partial charge in [-0.1, -0.05) is 23.7 Å². The van der Waals surface area contributed by atoms with E-state index in [9.17, 15) is 13.2 Å². The summed E-state index contributed by atoms with van der Waals surface area (Å²) < 4.78 is 26.9. The van der Waals surface area contributed by atoms with E-state index in [1.54, 1.807) is 24.4 Å². The van der Waals surface area contributed by atoms with Crippen molar-refractivity contribution in [2.45, 2.75) is 11.3 Å². The van der Waals surface area contributed by atoms with Gasteiger partial charge in [-0.15, -0.1) is 0 Å². The molecule has 10 heteroatoms. The second-order valence-electron chi connectivity index (χ2n) is 6.82. The van der Waals surface area contributed by atoms with Gasteiger partial charge in [0.25, 0.3) is 0 Å². The molecule has 2 N–H and O–H groups in total. The van der Waals surface area contributed by atoms with Crippen LogP contribution in [-0.2, 0) is 14.8 Å². The number of halogens is 1. The predicted octanol–water partition coefficient (Wildman–Crippen LogP) is 1.79.